The normalized spacial score (nSPS) is 20.3. The van der Waals surface area contributed by atoms with Crippen molar-refractivity contribution >= 4 is 81.2 Å². The minimum atomic E-state index is -1.15. The molecule has 0 bridgehead atoms. The minimum Gasteiger partial charge on any atom is -0.303 e. The first-order valence-electron chi connectivity index (χ1n) is 17.2. The van der Waals surface area contributed by atoms with Gasteiger partial charge in [-0.05, 0) is 54.9 Å². The Morgan fingerprint density at radius 1 is 0.528 bits per heavy atom. The Kier molecular flexibility index (Phi) is 9.16. The molecule has 4 aliphatic heterocycles. The first-order chi connectivity index (χ1) is 25.1. The summed E-state index contributed by atoms with van der Waals surface area (Å²) < 4.78 is 0. The highest BCUT2D eigenvalue weighted by Gasteiger charge is 2.47. The van der Waals surface area contributed by atoms with Crippen molar-refractivity contribution < 1.29 is 38.4 Å². The first-order valence-corrected chi connectivity index (χ1v) is 17.2. The van der Waals surface area contributed by atoms with Gasteiger partial charge in [0, 0.05) is 72.0 Å². The lowest BCUT2D eigenvalue weighted by Gasteiger charge is -2.39. The van der Waals surface area contributed by atoms with Crippen molar-refractivity contribution in [3.63, 3.8) is 0 Å². The molecule has 4 aromatic rings. The number of halogens is 1. The van der Waals surface area contributed by atoms with Crippen LogP contribution in [0.1, 0.15) is 67.1 Å². The highest BCUT2D eigenvalue weighted by molar-refractivity contribution is 6.28. The molecule has 2 unspecified atom stereocenters. The van der Waals surface area contributed by atoms with Gasteiger partial charge in [-0.25, -0.2) is 0 Å². The van der Waals surface area contributed by atoms with Crippen molar-refractivity contribution in [1.82, 2.24) is 24.5 Å². The van der Waals surface area contributed by atoms with Crippen molar-refractivity contribution in [3.8, 4) is 0 Å². The zero-order valence-electron chi connectivity index (χ0n) is 28.7. The standard InChI is InChI=1S/C39H33N5O8.ClH/c1-40(18-20-41-30(45)16-14-28(38(41)51)43-34(47)24-10-2-6-22-7-3-11-25(32(22)24)35(43)48)19-21-42-31(46)17-15-29(39(42)52)44-36(49)26-12-4-8-23-9-5-13-27(33(23)26)37(44)50;/h2-13,28-29H,14-21H2,1H3;1H. The molecule has 0 N–H and O–H groups in total. The lowest BCUT2D eigenvalue weighted by atomic mass is 9.91. The largest absolute Gasteiger partial charge is 0.303 e. The van der Waals surface area contributed by atoms with Crippen LogP contribution >= 0.6 is 12.4 Å². The number of imide groups is 4. The SMILES string of the molecule is CN(CCN1C(=O)CCC(N2C(=O)c3cccc4cccc(c34)C2=O)C1=O)CCN1C(=O)CCC(N2C(=O)c3cccc4cccc(c34)C2=O)C1=O.Cl. The van der Waals surface area contributed by atoms with Gasteiger partial charge in [-0.15, -0.1) is 12.4 Å². The third-order valence-electron chi connectivity index (χ3n) is 10.6. The van der Waals surface area contributed by atoms with Crippen LogP contribution in [0, 0.1) is 0 Å². The Bertz CT molecular complexity index is 2050. The first kappa shape index (κ1) is 35.6. The molecule has 4 aromatic carbocycles. The van der Waals surface area contributed by atoms with Crippen LogP contribution in [0.4, 0.5) is 0 Å². The summed E-state index contributed by atoms with van der Waals surface area (Å²) in [6, 6.07) is 18.3. The number of likely N-dealkylation sites (tertiary alicyclic amines) is 2. The highest BCUT2D eigenvalue weighted by Crippen LogP contribution is 2.35. The summed E-state index contributed by atoms with van der Waals surface area (Å²) in [5.74, 6) is -4.46. The van der Waals surface area contributed by atoms with E-state index in [1.165, 1.54) is 0 Å². The zero-order chi connectivity index (χ0) is 36.4. The number of rotatable bonds is 8. The molecule has 4 aliphatic rings. The van der Waals surface area contributed by atoms with Gasteiger partial charge in [-0.2, -0.15) is 0 Å². The molecular formula is C39H34ClN5O8. The lowest BCUT2D eigenvalue weighted by molar-refractivity contribution is -0.152. The van der Waals surface area contributed by atoms with Crippen molar-refractivity contribution in [2.24, 2.45) is 0 Å². The number of benzene rings is 4. The maximum atomic E-state index is 13.7. The molecule has 13 nitrogen and oxygen atoms in total. The molecule has 4 heterocycles. The summed E-state index contributed by atoms with van der Waals surface area (Å²) >= 11 is 0. The van der Waals surface area contributed by atoms with Crippen LogP contribution in [0.15, 0.2) is 72.8 Å². The molecule has 2 saturated heterocycles. The van der Waals surface area contributed by atoms with E-state index < -0.39 is 59.3 Å². The molecule has 8 amide bonds. The van der Waals surface area contributed by atoms with Crippen molar-refractivity contribution in [3.05, 3.63) is 95.1 Å². The third kappa shape index (κ3) is 5.67. The van der Waals surface area contributed by atoms with Crippen molar-refractivity contribution in [2.45, 2.75) is 37.8 Å². The Morgan fingerprint density at radius 2 is 0.849 bits per heavy atom. The van der Waals surface area contributed by atoms with Crippen LogP contribution in [0.5, 0.6) is 0 Å². The Labute approximate surface area is 309 Å². The van der Waals surface area contributed by atoms with E-state index in [-0.39, 0.29) is 64.3 Å². The van der Waals surface area contributed by atoms with E-state index in [0.29, 0.717) is 33.0 Å². The van der Waals surface area contributed by atoms with Crippen LogP contribution in [-0.4, -0.2) is 117 Å². The second-order valence-electron chi connectivity index (χ2n) is 13.6. The predicted octanol–water partition coefficient (Wildman–Crippen LogP) is 3.27. The maximum absolute atomic E-state index is 13.7. The summed E-state index contributed by atoms with van der Waals surface area (Å²) in [7, 11) is 1.71. The molecule has 0 aliphatic carbocycles. The number of carbonyl (C=O) groups excluding carboxylic acids is 8. The fourth-order valence-electron chi connectivity index (χ4n) is 7.91. The molecule has 0 aromatic heterocycles. The Hall–Kier alpha value is -5.79. The molecule has 2 atom stereocenters. The molecule has 2 fully saturated rings. The van der Waals surface area contributed by atoms with Crippen LogP contribution in [0.25, 0.3) is 21.5 Å². The van der Waals surface area contributed by atoms with Crippen molar-refractivity contribution in [1.29, 1.82) is 0 Å². The number of hydrogen-bond acceptors (Lipinski definition) is 9. The molecule has 0 saturated carbocycles. The minimum absolute atomic E-state index is 0. The lowest BCUT2D eigenvalue weighted by Crippen LogP contribution is -2.60. The van der Waals surface area contributed by atoms with E-state index in [9.17, 15) is 38.4 Å². The van der Waals surface area contributed by atoms with E-state index in [1.807, 2.05) is 24.3 Å². The van der Waals surface area contributed by atoms with E-state index in [4.69, 9.17) is 0 Å². The molecule has 53 heavy (non-hydrogen) atoms. The van der Waals surface area contributed by atoms with Gasteiger partial charge >= 0.3 is 0 Å². The number of likely N-dealkylation sites (N-methyl/N-ethyl adjacent to an activating group) is 1. The summed E-state index contributed by atoms with van der Waals surface area (Å²) in [6.45, 7) is 0.272. The second kappa shape index (κ2) is 13.6. The molecular weight excluding hydrogens is 702 g/mol. The number of hydrogen-bond donors (Lipinski definition) is 0. The highest BCUT2D eigenvalue weighted by atomic mass is 35.5. The molecule has 270 valence electrons. The number of piperidine rings is 2. The predicted molar refractivity (Wildman–Crippen MR) is 193 cm³/mol. The van der Waals surface area contributed by atoms with Gasteiger partial charge in [0.15, 0.2) is 0 Å². The molecule has 8 rings (SSSR count). The van der Waals surface area contributed by atoms with E-state index in [2.05, 4.69) is 0 Å². The van der Waals surface area contributed by atoms with E-state index in [0.717, 1.165) is 30.4 Å². The number of nitrogens with zero attached hydrogens (tertiary/aromatic N) is 5. The van der Waals surface area contributed by atoms with E-state index in [1.54, 1.807) is 60.5 Å². The van der Waals surface area contributed by atoms with E-state index >= 15 is 0 Å². The van der Waals surface area contributed by atoms with Gasteiger partial charge in [0.25, 0.3) is 35.4 Å². The Balaban J connectivity index is 0.00000435. The quantitative estimate of drug-likeness (QED) is 0.248. The zero-order valence-corrected chi connectivity index (χ0v) is 29.5. The fraction of sp³-hybridized carbons (Fsp3) is 0.282. The second-order valence-corrected chi connectivity index (χ2v) is 13.6. The van der Waals surface area contributed by atoms with Gasteiger partial charge in [0.05, 0.1) is 0 Å². The molecule has 14 heteroatoms. The summed E-state index contributed by atoms with van der Waals surface area (Å²) in [4.78, 5) is 114. The van der Waals surface area contributed by atoms with Gasteiger partial charge in [0.2, 0.25) is 11.8 Å². The van der Waals surface area contributed by atoms with Crippen molar-refractivity contribution in [2.75, 3.05) is 33.2 Å². The van der Waals surface area contributed by atoms with Gasteiger partial charge in [0.1, 0.15) is 12.1 Å². The van der Waals surface area contributed by atoms with Crippen LogP contribution in [0.2, 0.25) is 0 Å². The smallest absolute Gasteiger partial charge is 0.262 e. The fourth-order valence-corrected chi connectivity index (χ4v) is 7.91. The number of amides is 8. The molecule has 0 radical (unpaired) electrons. The summed E-state index contributed by atoms with van der Waals surface area (Å²) in [5, 5.41) is 2.57. The third-order valence-corrected chi connectivity index (χ3v) is 10.6. The van der Waals surface area contributed by atoms with Crippen LogP contribution in [-0.2, 0) is 19.2 Å². The summed E-state index contributed by atoms with van der Waals surface area (Å²) in [6.07, 6.45) is -0.0340. The van der Waals surface area contributed by atoms with Gasteiger partial charge in [-0.3, -0.25) is 58.0 Å². The average molecular weight is 736 g/mol. The molecule has 0 spiro atoms. The van der Waals surface area contributed by atoms with Crippen LogP contribution < -0.4 is 0 Å². The Morgan fingerprint density at radius 3 is 1.17 bits per heavy atom. The summed E-state index contributed by atoms with van der Waals surface area (Å²) in [5.41, 5.74) is 1.29. The maximum Gasteiger partial charge on any atom is 0.262 e. The van der Waals surface area contributed by atoms with Crippen LogP contribution in [0.3, 0.4) is 0 Å². The monoisotopic (exact) mass is 735 g/mol. The van der Waals surface area contributed by atoms with Gasteiger partial charge < -0.3 is 4.90 Å². The average Bonchev–Trinajstić information content (AvgIpc) is 3.14. The van der Waals surface area contributed by atoms with Gasteiger partial charge in [-0.1, -0.05) is 48.5 Å². The number of carbonyl (C=O) groups is 8. The topological polar surface area (TPSA) is 153 Å².